The molecule has 1 N–H and O–H groups in total. The molecule has 8 heteroatoms. The van der Waals surface area contributed by atoms with Gasteiger partial charge in [-0.2, -0.15) is 4.98 Å². The number of hydrogen-bond acceptors (Lipinski definition) is 7. The number of hydrogen-bond donors (Lipinski definition) is 1. The first-order valence-corrected chi connectivity index (χ1v) is 9.04. The maximum Gasteiger partial charge on any atom is 0.265 e. The van der Waals surface area contributed by atoms with Gasteiger partial charge in [0.25, 0.3) is 5.91 Å². The minimum atomic E-state index is -0.751. The Balaban J connectivity index is 1.49. The van der Waals surface area contributed by atoms with Gasteiger partial charge in [0.15, 0.2) is 11.5 Å². The third kappa shape index (κ3) is 3.66. The summed E-state index contributed by atoms with van der Waals surface area (Å²) in [6.07, 6.45) is 2.56. The maximum absolute atomic E-state index is 12.8. The largest absolute Gasteiger partial charge is 0.485 e. The second-order valence-corrected chi connectivity index (χ2v) is 6.79. The number of amides is 1. The number of fused-ring (bicyclic) bond motifs is 1. The van der Waals surface area contributed by atoms with E-state index in [1.165, 1.54) is 0 Å². The summed E-state index contributed by atoms with van der Waals surface area (Å²) in [4.78, 5) is 21.2. The first kappa shape index (κ1) is 18.0. The van der Waals surface area contributed by atoms with Crippen LogP contribution in [0.4, 0.5) is 0 Å². The molecule has 2 atom stereocenters. The Morgan fingerprint density at radius 3 is 2.64 bits per heavy atom. The fourth-order valence-electron chi connectivity index (χ4n) is 2.89. The lowest BCUT2D eigenvalue weighted by Crippen LogP contribution is -2.46. The lowest BCUT2D eigenvalue weighted by atomic mass is 10.0. The molecular formula is C20H20N4O4. The molecule has 1 aliphatic rings. The Labute approximate surface area is 161 Å². The van der Waals surface area contributed by atoms with Crippen LogP contribution in [0.5, 0.6) is 11.5 Å². The molecule has 0 bridgehead atoms. The normalized spacial score (nSPS) is 16.6. The average Bonchev–Trinajstić information content (AvgIpc) is 3.21. The molecule has 0 radical (unpaired) electrons. The van der Waals surface area contributed by atoms with Crippen molar-refractivity contribution in [3.8, 4) is 22.9 Å². The quantitative estimate of drug-likeness (QED) is 0.726. The van der Waals surface area contributed by atoms with Crippen LogP contribution in [0.25, 0.3) is 11.4 Å². The molecule has 8 nitrogen and oxygen atoms in total. The smallest absolute Gasteiger partial charge is 0.265 e. The number of aromatic nitrogens is 3. The van der Waals surface area contributed by atoms with Crippen molar-refractivity contribution in [2.45, 2.75) is 26.0 Å². The summed E-state index contributed by atoms with van der Waals surface area (Å²) in [6.45, 7) is 4.07. The van der Waals surface area contributed by atoms with Gasteiger partial charge in [0.2, 0.25) is 17.8 Å². The summed E-state index contributed by atoms with van der Waals surface area (Å²) in [5.41, 5.74) is 0.791. The second kappa shape index (κ2) is 7.67. The van der Waals surface area contributed by atoms with Gasteiger partial charge in [0.1, 0.15) is 12.6 Å². The molecule has 2 unspecified atom stereocenters. The third-order valence-corrected chi connectivity index (χ3v) is 4.41. The number of para-hydroxylation sites is 2. The first-order chi connectivity index (χ1) is 13.6. The number of benzene rings is 1. The molecular weight excluding hydrogens is 360 g/mol. The molecule has 0 aliphatic carbocycles. The summed E-state index contributed by atoms with van der Waals surface area (Å²) in [5, 5.41) is 6.96. The Kier molecular flexibility index (Phi) is 4.92. The van der Waals surface area contributed by atoms with Crippen molar-refractivity contribution < 1.29 is 18.8 Å². The highest BCUT2D eigenvalue weighted by molar-refractivity contribution is 5.82. The summed E-state index contributed by atoms with van der Waals surface area (Å²) >= 11 is 0. The van der Waals surface area contributed by atoms with Crippen molar-refractivity contribution in [2.75, 3.05) is 6.61 Å². The van der Waals surface area contributed by atoms with Crippen LogP contribution >= 0.6 is 0 Å². The fourth-order valence-corrected chi connectivity index (χ4v) is 2.89. The molecule has 4 rings (SSSR count). The highest BCUT2D eigenvalue weighted by Gasteiger charge is 2.32. The summed E-state index contributed by atoms with van der Waals surface area (Å²) in [6, 6.07) is 10.4. The van der Waals surface area contributed by atoms with Gasteiger partial charge in [0.05, 0.1) is 0 Å². The number of carbonyl (C=O) groups is 1. The Hall–Kier alpha value is -3.42. The van der Waals surface area contributed by atoms with E-state index in [0.29, 0.717) is 23.2 Å². The van der Waals surface area contributed by atoms with E-state index in [1.807, 2.05) is 26.0 Å². The maximum atomic E-state index is 12.8. The molecule has 1 amide bonds. The van der Waals surface area contributed by atoms with E-state index in [0.717, 1.165) is 5.56 Å². The van der Waals surface area contributed by atoms with Crippen LogP contribution in [-0.4, -0.2) is 33.7 Å². The van der Waals surface area contributed by atoms with Gasteiger partial charge in [-0.3, -0.25) is 9.78 Å². The topological polar surface area (TPSA) is 99.4 Å². The van der Waals surface area contributed by atoms with Gasteiger partial charge in [-0.05, 0) is 30.2 Å². The summed E-state index contributed by atoms with van der Waals surface area (Å²) in [7, 11) is 0. The lowest BCUT2D eigenvalue weighted by Gasteiger charge is -2.27. The molecule has 0 spiro atoms. The molecule has 1 aromatic carbocycles. The standard InChI is InChI=1S/C20H20N4O4/c1-12(2)17(20-23-18(24-28-20)13-7-9-21-10-8-13)22-19(25)16-11-26-14-5-3-4-6-15(14)27-16/h3-10,12,16-17H,11H2,1-2H3,(H,22,25). The van der Waals surface area contributed by atoms with E-state index < -0.39 is 12.1 Å². The number of rotatable bonds is 5. The van der Waals surface area contributed by atoms with E-state index in [4.69, 9.17) is 14.0 Å². The van der Waals surface area contributed by atoms with Gasteiger partial charge in [-0.15, -0.1) is 0 Å². The van der Waals surface area contributed by atoms with Crippen molar-refractivity contribution in [1.82, 2.24) is 20.4 Å². The van der Waals surface area contributed by atoms with E-state index in [9.17, 15) is 4.79 Å². The minimum Gasteiger partial charge on any atom is -0.485 e. The molecule has 0 fully saturated rings. The Bertz CT molecular complexity index is 958. The zero-order valence-electron chi connectivity index (χ0n) is 15.5. The fraction of sp³-hybridized carbons (Fsp3) is 0.300. The third-order valence-electron chi connectivity index (χ3n) is 4.41. The van der Waals surface area contributed by atoms with Crippen molar-refractivity contribution in [3.05, 3.63) is 54.7 Å². The molecule has 28 heavy (non-hydrogen) atoms. The lowest BCUT2D eigenvalue weighted by molar-refractivity contribution is -0.131. The van der Waals surface area contributed by atoms with Gasteiger partial charge in [-0.1, -0.05) is 31.1 Å². The van der Waals surface area contributed by atoms with Crippen molar-refractivity contribution in [1.29, 1.82) is 0 Å². The Morgan fingerprint density at radius 2 is 1.89 bits per heavy atom. The van der Waals surface area contributed by atoms with Gasteiger partial charge in [0, 0.05) is 18.0 Å². The number of nitrogens with zero attached hydrogens (tertiary/aromatic N) is 3. The predicted molar refractivity (Wildman–Crippen MR) is 99.6 cm³/mol. The molecule has 3 heterocycles. The van der Waals surface area contributed by atoms with Crippen molar-refractivity contribution in [3.63, 3.8) is 0 Å². The number of nitrogens with one attached hydrogen (secondary N) is 1. The minimum absolute atomic E-state index is 0.0338. The number of ether oxygens (including phenoxy) is 2. The van der Waals surface area contributed by atoms with E-state index in [1.54, 1.807) is 36.7 Å². The monoisotopic (exact) mass is 380 g/mol. The van der Waals surface area contributed by atoms with Crippen LogP contribution in [0, 0.1) is 5.92 Å². The predicted octanol–water partition coefficient (Wildman–Crippen LogP) is 2.78. The van der Waals surface area contributed by atoms with Gasteiger partial charge in [-0.25, -0.2) is 0 Å². The molecule has 2 aromatic heterocycles. The first-order valence-electron chi connectivity index (χ1n) is 9.04. The molecule has 1 aliphatic heterocycles. The second-order valence-electron chi connectivity index (χ2n) is 6.79. The van der Waals surface area contributed by atoms with Crippen LogP contribution in [0.1, 0.15) is 25.8 Å². The van der Waals surface area contributed by atoms with E-state index in [2.05, 4.69) is 20.4 Å². The van der Waals surface area contributed by atoms with Crippen LogP contribution in [0.2, 0.25) is 0 Å². The highest BCUT2D eigenvalue weighted by atomic mass is 16.6. The zero-order chi connectivity index (χ0) is 19.5. The molecule has 144 valence electrons. The van der Waals surface area contributed by atoms with Gasteiger partial charge < -0.3 is 19.3 Å². The van der Waals surface area contributed by atoms with Crippen molar-refractivity contribution in [2.24, 2.45) is 5.92 Å². The Morgan fingerprint density at radius 1 is 1.14 bits per heavy atom. The molecule has 3 aromatic rings. The van der Waals surface area contributed by atoms with Crippen LogP contribution in [-0.2, 0) is 4.79 Å². The van der Waals surface area contributed by atoms with Crippen LogP contribution in [0.3, 0.4) is 0 Å². The molecule has 0 saturated carbocycles. The summed E-state index contributed by atoms with van der Waals surface area (Å²) < 4.78 is 16.8. The average molecular weight is 380 g/mol. The number of carbonyl (C=O) groups excluding carboxylic acids is 1. The van der Waals surface area contributed by atoms with E-state index in [-0.39, 0.29) is 18.4 Å². The SMILES string of the molecule is CC(C)C(NC(=O)C1COc2ccccc2O1)c1nc(-c2ccncc2)no1. The zero-order valence-corrected chi connectivity index (χ0v) is 15.5. The van der Waals surface area contributed by atoms with Crippen LogP contribution < -0.4 is 14.8 Å². The van der Waals surface area contributed by atoms with Crippen molar-refractivity contribution >= 4 is 5.91 Å². The molecule has 0 saturated heterocycles. The van der Waals surface area contributed by atoms with Gasteiger partial charge >= 0.3 is 0 Å². The highest BCUT2D eigenvalue weighted by Crippen LogP contribution is 2.31. The number of pyridine rings is 1. The van der Waals surface area contributed by atoms with Crippen LogP contribution in [0.15, 0.2) is 53.3 Å². The summed E-state index contributed by atoms with van der Waals surface area (Å²) in [5.74, 6) is 1.71. The van der Waals surface area contributed by atoms with E-state index >= 15 is 0 Å².